The summed E-state index contributed by atoms with van der Waals surface area (Å²) in [6, 6.07) is 8.25. The number of rotatable bonds is 10. The zero-order valence-corrected chi connectivity index (χ0v) is 18.3. The van der Waals surface area contributed by atoms with Crippen molar-refractivity contribution in [3.8, 4) is 16.9 Å². The topological polar surface area (TPSA) is 108 Å². The molecule has 32 heavy (non-hydrogen) atoms. The van der Waals surface area contributed by atoms with E-state index < -0.39 is 11.7 Å². The molecule has 0 fully saturated rings. The fourth-order valence-electron chi connectivity index (χ4n) is 3.50. The number of aromatic nitrogens is 2. The van der Waals surface area contributed by atoms with Crippen LogP contribution in [-0.4, -0.2) is 35.5 Å². The van der Waals surface area contributed by atoms with Gasteiger partial charge in [0, 0.05) is 66.4 Å². The number of allylic oxidation sites excluding steroid dienone is 1. The summed E-state index contributed by atoms with van der Waals surface area (Å²) in [5.41, 5.74) is 16.2. The molecule has 0 aliphatic rings. The van der Waals surface area contributed by atoms with E-state index in [1.165, 1.54) is 12.1 Å². The molecule has 2 aromatic heterocycles. The highest BCUT2D eigenvalue weighted by Crippen LogP contribution is 2.32. The van der Waals surface area contributed by atoms with Crippen LogP contribution in [0.15, 0.2) is 66.1 Å². The van der Waals surface area contributed by atoms with Gasteiger partial charge in [-0.2, -0.15) is 0 Å². The standard InChI is InChI=1S/C24H28FN5O2/c1-15(24(27)31)20(16(2)28-3)9-11-32-22-12-18(25)5-6-21(22)17-4-7-23-29-13-19(8-10-26)30(23)14-17/h4-7,12-14,28H,1,8-11,26H2,2-3H3,(H2,27,31)/b20-16-. The predicted molar refractivity (Wildman–Crippen MR) is 124 cm³/mol. The van der Waals surface area contributed by atoms with E-state index in [1.807, 2.05) is 29.7 Å². The summed E-state index contributed by atoms with van der Waals surface area (Å²) >= 11 is 0. The van der Waals surface area contributed by atoms with Crippen LogP contribution in [0.3, 0.4) is 0 Å². The highest BCUT2D eigenvalue weighted by molar-refractivity contribution is 5.96. The summed E-state index contributed by atoms with van der Waals surface area (Å²) < 4.78 is 22.0. The quantitative estimate of drug-likeness (QED) is 0.334. The van der Waals surface area contributed by atoms with E-state index in [9.17, 15) is 9.18 Å². The molecular formula is C24H28FN5O2. The molecule has 7 nitrogen and oxygen atoms in total. The van der Waals surface area contributed by atoms with Crippen LogP contribution in [0, 0.1) is 5.82 Å². The predicted octanol–water partition coefficient (Wildman–Crippen LogP) is 2.95. The van der Waals surface area contributed by atoms with Crippen molar-refractivity contribution in [2.75, 3.05) is 20.2 Å². The maximum absolute atomic E-state index is 14.0. The molecule has 1 amide bonds. The normalized spacial score (nSPS) is 11.9. The van der Waals surface area contributed by atoms with Gasteiger partial charge in [0.1, 0.15) is 17.2 Å². The van der Waals surface area contributed by atoms with Crippen LogP contribution in [0.4, 0.5) is 4.39 Å². The number of imidazole rings is 1. The number of benzene rings is 1. The average Bonchev–Trinajstić information content (AvgIpc) is 3.18. The molecule has 0 aliphatic carbocycles. The van der Waals surface area contributed by atoms with Crippen molar-refractivity contribution in [1.82, 2.24) is 14.7 Å². The molecule has 8 heteroatoms. The van der Waals surface area contributed by atoms with E-state index in [4.69, 9.17) is 16.2 Å². The molecule has 2 heterocycles. The lowest BCUT2D eigenvalue weighted by molar-refractivity contribution is -0.114. The number of nitrogens with one attached hydrogen (secondary N) is 1. The summed E-state index contributed by atoms with van der Waals surface area (Å²) in [5, 5.41) is 3.00. The molecule has 0 saturated heterocycles. The summed E-state index contributed by atoms with van der Waals surface area (Å²) in [6.07, 6.45) is 4.82. The minimum atomic E-state index is -0.594. The average molecular weight is 438 g/mol. The summed E-state index contributed by atoms with van der Waals surface area (Å²) in [4.78, 5) is 16.0. The minimum Gasteiger partial charge on any atom is -0.492 e. The number of nitrogens with zero attached hydrogens (tertiary/aromatic N) is 2. The molecule has 0 spiro atoms. The fourth-order valence-corrected chi connectivity index (χ4v) is 3.50. The van der Waals surface area contributed by atoms with Crippen molar-refractivity contribution >= 4 is 11.6 Å². The van der Waals surface area contributed by atoms with Crippen molar-refractivity contribution in [3.05, 3.63) is 77.7 Å². The lowest BCUT2D eigenvalue weighted by Crippen LogP contribution is -2.19. The summed E-state index contributed by atoms with van der Waals surface area (Å²) in [7, 11) is 1.75. The third-order valence-electron chi connectivity index (χ3n) is 5.34. The zero-order chi connectivity index (χ0) is 23.3. The van der Waals surface area contributed by atoms with Gasteiger partial charge in [0.2, 0.25) is 5.91 Å². The Morgan fingerprint density at radius 2 is 2.09 bits per heavy atom. The monoisotopic (exact) mass is 437 g/mol. The number of primary amides is 1. The smallest absolute Gasteiger partial charge is 0.248 e. The van der Waals surface area contributed by atoms with Crippen LogP contribution in [0.5, 0.6) is 5.75 Å². The summed E-state index contributed by atoms with van der Waals surface area (Å²) in [5.74, 6) is -0.598. The van der Waals surface area contributed by atoms with E-state index >= 15 is 0 Å². The van der Waals surface area contributed by atoms with E-state index in [0.717, 1.165) is 28.2 Å². The highest BCUT2D eigenvalue weighted by Gasteiger charge is 2.14. The molecule has 0 saturated carbocycles. The van der Waals surface area contributed by atoms with Crippen LogP contribution in [0.1, 0.15) is 19.0 Å². The Morgan fingerprint density at radius 3 is 2.78 bits per heavy atom. The Kier molecular flexibility index (Phi) is 7.27. The first-order valence-electron chi connectivity index (χ1n) is 10.3. The largest absolute Gasteiger partial charge is 0.492 e. The van der Waals surface area contributed by atoms with Crippen LogP contribution < -0.4 is 21.5 Å². The Balaban J connectivity index is 1.89. The first-order chi connectivity index (χ1) is 15.3. The molecular weight excluding hydrogens is 409 g/mol. The van der Waals surface area contributed by atoms with Gasteiger partial charge in [-0.05, 0) is 43.3 Å². The number of fused-ring (bicyclic) bond motifs is 1. The second-order valence-corrected chi connectivity index (χ2v) is 7.37. The van der Waals surface area contributed by atoms with Crippen LogP contribution >= 0.6 is 0 Å². The maximum atomic E-state index is 14.0. The lowest BCUT2D eigenvalue weighted by atomic mass is 10.0. The van der Waals surface area contributed by atoms with E-state index in [0.29, 0.717) is 30.7 Å². The Bertz CT molecular complexity index is 1180. The van der Waals surface area contributed by atoms with Gasteiger partial charge < -0.3 is 25.9 Å². The van der Waals surface area contributed by atoms with Crippen LogP contribution in [0.25, 0.3) is 16.8 Å². The summed E-state index contributed by atoms with van der Waals surface area (Å²) in [6.45, 7) is 6.33. The molecule has 1 aromatic carbocycles. The number of nitrogens with two attached hydrogens (primary N) is 2. The number of carbonyl (C=O) groups excluding carboxylic acids is 1. The first kappa shape index (κ1) is 23.0. The van der Waals surface area contributed by atoms with Crippen molar-refractivity contribution in [2.45, 2.75) is 19.8 Å². The fraction of sp³-hybridized carbons (Fsp3) is 0.250. The van der Waals surface area contributed by atoms with E-state index in [1.54, 1.807) is 19.3 Å². The molecule has 3 aromatic rings. The molecule has 0 atom stereocenters. The molecule has 168 valence electrons. The van der Waals surface area contributed by atoms with Gasteiger partial charge in [-0.25, -0.2) is 9.37 Å². The third kappa shape index (κ3) is 4.97. The first-order valence-corrected chi connectivity index (χ1v) is 10.3. The number of carbonyl (C=O) groups is 1. The number of amides is 1. The Labute approximate surface area is 186 Å². The molecule has 0 aliphatic heterocycles. The van der Waals surface area contributed by atoms with E-state index in [2.05, 4.69) is 16.9 Å². The highest BCUT2D eigenvalue weighted by atomic mass is 19.1. The SMILES string of the molecule is C=C(C(N)=O)/C(CCOc1cc(F)ccc1-c1ccc2ncc(CCN)n2c1)=C(/C)NC. The number of halogens is 1. The van der Waals surface area contributed by atoms with Gasteiger partial charge in [-0.1, -0.05) is 6.58 Å². The van der Waals surface area contributed by atoms with Crippen molar-refractivity contribution in [2.24, 2.45) is 11.5 Å². The van der Waals surface area contributed by atoms with Crippen molar-refractivity contribution < 1.29 is 13.9 Å². The van der Waals surface area contributed by atoms with E-state index in [-0.39, 0.29) is 12.2 Å². The Morgan fingerprint density at radius 1 is 1.31 bits per heavy atom. The number of pyridine rings is 1. The van der Waals surface area contributed by atoms with Crippen LogP contribution in [0.2, 0.25) is 0 Å². The minimum absolute atomic E-state index is 0.211. The van der Waals surface area contributed by atoms with Gasteiger partial charge in [0.25, 0.3) is 0 Å². The van der Waals surface area contributed by atoms with Crippen molar-refractivity contribution in [1.29, 1.82) is 0 Å². The number of hydrogen-bond donors (Lipinski definition) is 3. The molecule has 0 unspecified atom stereocenters. The molecule has 0 radical (unpaired) electrons. The maximum Gasteiger partial charge on any atom is 0.248 e. The molecule has 3 rings (SSSR count). The van der Waals surface area contributed by atoms with Gasteiger partial charge in [-0.3, -0.25) is 4.79 Å². The van der Waals surface area contributed by atoms with Gasteiger partial charge >= 0.3 is 0 Å². The van der Waals surface area contributed by atoms with Gasteiger partial charge in [-0.15, -0.1) is 0 Å². The number of ether oxygens (including phenoxy) is 1. The number of hydrogen-bond acceptors (Lipinski definition) is 5. The Hall–Kier alpha value is -3.65. The lowest BCUT2D eigenvalue weighted by Gasteiger charge is -2.16. The van der Waals surface area contributed by atoms with Gasteiger partial charge in [0.15, 0.2) is 0 Å². The third-order valence-corrected chi connectivity index (χ3v) is 5.34. The second-order valence-electron chi connectivity index (χ2n) is 7.37. The van der Waals surface area contributed by atoms with Crippen LogP contribution in [-0.2, 0) is 11.2 Å². The van der Waals surface area contributed by atoms with Gasteiger partial charge in [0.05, 0.1) is 6.61 Å². The second kappa shape index (κ2) is 10.1. The van der Waals surface area contributed by atoms with Crippen molar-refractivity contribution in [3.63, 3.8) is 0 Å². The zero-order valence-electron chi connectivity index (χ0n) is 18.3. The molecule has 0 bridgehead atoms. The molecule has 5 N–H and O–H groups in total.